The monoisotopic (exact) mass is 591 g/mol. The minimum absolute atomic E-state index is 0.0318. The molecule has 1 saturated heterocycles. The molecule has 224 valence electrons. The number of amides is 1. The van der Waals surface area contributed by atoms with Crippen LogP contribution in [-0.2, 0) is 26.5 Å². The minimum atomic E-state index is -2.19. The van der Waals surface area contributed by atoms with Gasteiger partial charge in [0.05, 0.1) is 23.7 Å². The Morgan fingerprint density at radius 1 is 0.902 bits per heavy atom. The molecule has 2 aromatic rings. The Balaban J connectivity index is 1.82. The molecule has 41 heavy (non-hydrogen) atoms. The smallest absolute Gasteiger partial charge is 0.232 e. The first-order valence-electron chi connectivity index (χ1n) is 15.3. The van der Waals surface area contributed by atoms with Crippen molar-refractivity contribution in [3.63, 3.8) is 0 Å². The van der Waals surface area contributed by atoms with Crippen LogP contribution < -0.4 is 0 Å². The van der Waals surface area contributed by atoms with E-state index in [0.29, 0.717) is 19.4 Å². The molecule has 4 rings (SSSR count). The van der Waals surface area contributed by atoms with Gasteiger partial charge in [-0.05, 0) is 65.8 Å². The van der Waals surface area contributed by atoms with E-state index < -0.39 is 22.0 Å². The van der Waals surface area contributed by atoms with Crippen LogP contribution in [0.25, 0.3) is 0 Å². The van der Waals surface area contributed by atoms with E-state index in [1.165, 1.54) is 11.1 Å². The van der Waals surface area contributed by atoms with Crippen molar-refractivity contribution in [2.24, 2.45) is 5.41 Å². The third kappa shape index (κ3) is 6.08. The summed E-state index contributed by atoms with van der Waals surface area (Å²) < 4.78 is 14.4. The number of carbonyl (C=O) groups is 1. The number of benzene rings is 2. The van der Waals surface area contributed by atoms with E-state index in [0.717, 1.165) is 12.0 Å². The third-order valence-corrected chi connectivity index (χ3v) is 19.5. The fourth-order valence-electron chi connectivity index (χ4n) is 6.05. The third-order valence-electron chi connectivity index (χ3n) is 10.5. The van der Waals surface area contributed by atoms with Crippen molar-refractivity contribution < 1.29 is 13.6 Å². The van der Waals surface area contributed by atoms with Crippen LogP contribution >= 0.6 is 0 Å². The molecule has 4 atom stereocenters. The van der Waals surface area contributed by atoms with Crippen molar-refractivity contribution in [3.05, 3.63) is 83.9 Å². The van der Waals surface area contributed by atoms with Crippen LogP contribution in [0.15, 0.2) is 67.3 Å². The molecule has 1 aliphatic carbocycles. The molecule has 1 aliphatic heterocycles. The van der Waals surface area contributed by atoms with Crippen molar-refractivity contribution >= 4 is 22.5 Å². The molecule has 1 amide bonds. The normalized spacial score (nSPS) is 25.5. The summed E-state index contributed by atoms with van der Waals surface area (Å²) in [4.78, 5) is 17.2. The summed E-state index contributed by atoms with van der Waals surface area (Å²) in [5.74, 6) is 0.176. The van der Waals surface area contributed by atoms with E-state index in [2.05, 4.69) is 128 Å². The molecule has 1 heterocycles. The Hall–Kier alpha value is -2.00. The standard InChI is InChI=1S/C35H53NO3Si2/c1-12-22-35(24-26-18-14-13-15-19-26)30(39-41(10,11)34(5,6)7)25-36(32(35)37)31-28-21-17-16-20-27(28)23-29(31)38-40(8,9)33(2,3)4/h12-21,29-31H,1,22-25H2,2-11H3/t29-,30-,31+,35-/m1/s1. The molecule has 2 aliphatic rings. The van der Waals surface area contributed by atoms with E-state index in [1.807, 2.05) is 12.1 Å². The zero-order valence-electron chi connectivity index (χ0n) is 27.2. The van der Waals surface area contributed by atoms with E-state index in [9.17, 15) is 0 Å². The topological polar surface area (TPSA) is 38.8 Å². The van der Waals surface area contributed by atoms with Crippen LogP contribution in [0.1, 0.15) is 70.7 Å². The van der Waals surface area contributed by atoms with Gasteiger partial charge in [-0.15, -0.1) is 6.58 Å². The number of hydrogen-bond acceptors (Lipinski definition) is 3. The van der Waals surface area contributed by atoms with Gasteiger partial charge in [0.2, 0.25) is 5.91 Å². The Kier molecular flexibility index (Phi) is 8.76. The number of nitrogens with zero attached hydrogens (tertiary/aromatic N) is 1. The van der Waals surface area contributed by atoms with Gasteiger partial charge in [0.1, 0.15) is 0 Å². The average Bonchev–Trinajstić information content (AvgIpc) is 3.33. The van der Waals surface area contributed by atoms with Crippen molar-refractivity contribution in [2.45, 2.75) is 115 Å². The van der Waals surface area contributed by atoms with Gasteiger partial charge in [-0.2, -0.15) is 0 Å². The molecular formula is C35H53NO3Si2. The SMILES string of the molecule is C=CC[C@]1(Cc2ccccc2)C(=O)N([C@H]2c3ccccc3C[C@H]2O[Si](C)(C)C(C)(C)C)C[C@H]1O[Si](C)(C)C(C)(C)C. The zero-order valence-corrected chi connectivity index (χ0v) is 29.2. The highest BCUT2D eigenvalue weighted by molar-refractivity contribution is 6.74. The van der Waals surface area contributed by atoms with Gasteiger partial charge in [-0.3, -0.25) is 4.79 Å². The van der Waals surface area contributed by atoms with Gasteiger partial charge in [0.25, 0.3) is 0 Å². The number of hydrogen-bond donors (Lipinski definition) is 0. The second kappa shape index (κ2) is 11.3. The van der Waals surface area contributed by atoms with Crippen LogP contribution in [-0.4, -0.2) is 46.2 Å². The van der Waals surface area contributed by atoms with Crippen LogP contribution in [0.2, 0.25) is 36.3 Å². The number of carbonyl (C=O) groups excluding carboxylic acids is 1. The van der Waals surface area contributed by atoms with Crippen molar-refractivity contribution in [1.82, 2.24) is 4.90 Å². The summed E-state index contributed by atoms with van der Waals surface area (Å²) >= 11 is 0. The number of rotatable bonds is 9. The van der Waals surface area contributed by atoms with Gasteiger partial charge >= 0.3 is 0 Å². The van der Waals surface area contributed by atoms with E-state index in [1.54, 1.807) is 0 Å². The molecule has 0 spiro atoms. The fourth-order valence-corrected chi connectivity index (χ4v) is 8.74. The second-order valence-corrected chi connectivity index (χ2v) is 24.9. The minimum Gasteiger partial charge on any atom is -0.411 e. The maximum atomic E-state index is 15.0. The van der Waals surface area contributed by atoms with Crippen LogP contribution in [0.5, 0.6) is 0 Å². The lowest BCUT2D eigenvalue weighted by Crippen LogP contribution is -2.50. The lowest BCUT2D eigenvalue weighted by atomic mass is 9.75. The molecular weight excluding hydrogens is 539 g/mol. The molecule has 1 fully saturated rings. The Bertz CT molecular complexity index is 1240. The zero-order chi connectivity index (χ0) is 30.4. The van der Waals surface area contributed by atoms with Crippen LogP contribution in [0.3, 0.4) is 0 Å². The van der Waals surface area contributed by atoms with Crippen molar-refractivity contribution in [2.75, 3.05) is 6.54 Å². The molecule has 0 bridgehead atoms. The highest BCUT2D eigenvalue weighted by atomic mass is 28.4. The van der Waals surface area contributed by atoms with Gasteiger partial charge in [0.15, 0.2) is 16.6 Å². The lowest BCUT2D eigenvalue weighted by Gasteiger charge is -2.42. The fraction of sp³-hybridized carbons (Fsp3) is 0.571. The first-order chi connectivity index (χ1) is 18.9. The number of fused-ring (bicyclic) bond motifs is 1. The predicted octanol–water partition coefficient (Wildman–Crippen LogP) is 8.71. The molecule has 0 radical (unpaired) electrons. The van der Waals surface area contributed by atoms with Crippen LogP contribution in [0, 0.1) is 5.41 Å². The molecule has 0 N–H and O–H groups in total. The Labute approximate surface area is 251 Å². The quantitative estimate of drug-likeness (QED) is 0.216. The second-order valence-electron chi connectivity index (χ2n) is 15.4. The number of allylic oxidation sites excluding steroid dienone is 1. The van der Waals surface area contributed by atoms with Gasteiger partial charge in [-0.25, -0.2) is 0 Å². The summed E-state index contributed by atoms with van der Waals surface area (Å²) in [6, 6.07) is 18.9. The van der Waals surface area contributed by atoms with Crippen LogP contribution in [0.4, 0.5) is 0 Å². The summed E-state index contributed by atoms with van der Waals surface area (Å²) in [5, 5.41) is 0.110. The average molecular weight is 592 g/mol. The lowest BCUT2D eigenvalue weighted by molar-refractivity contribution is -0.141. The van der Waals surface area contributed by atoms with E-state index in [4.69, 9.17) is 8.85 Å². The summed E-state index contributed by atoms with van der Waals surface area (Å²) in [6.07, 6.45) is 3.68. The maximum absolute atomic E-state index is 15.0. The van der Waals surface area contributed by atoms with Gasteiger partial charge in [-0.1, -0.05) is 102 Å². The van der Waals surface area contributed by atoms with E-state index >= 15 is 4.79 Å². The summed E-state index contributed by atoms with van der Waals surface area (Å²) in [5.41, 5.74) is 2.97. The molecule has 2 aromatic carbocycles. The first-order valence-corrected chi connectivity index (χ1v) is 21.1. The summed E-state index contributed by atoms with van der Waals surface area (Å²) in [7, 11) is -4.29. The molecule has 0 saturated carbocycles. The molecule has 6 heteroatoms. The Morgan fingerprint density at radius 2 is 1.46 bits per heavy atom. The van der Waals surface area contributed by atoms with Crippen molar-refractivity contribution in [1.29, 1.82) is 0 Å². The molecule has 0 aromatic heterocycles. The Morgan fingerprint density at radius 3 is 2.05 bits per heavy atom. The predicted molar refractivity (Wildman–Crippen MR) is 176 cm³/mol. The number of likely N-dealkylation sites (tertiary alicyclic amines) is 1. The van der Waals surface area contributed by atoms with E-state index in [-0.39, 0.29) is 34.2 Å². The van der Waals surface area contributed by atoms with Gasteiger partial charge < -0.3 is 13.8 Å². The summed E-state index contributed by atoms with van der Waals surface area (Å²) in [6.45, 7) is 27.6. The highest BCUT2D eigenvalue weighted by Gasteiger charge is 2.59. The van der Waals surface area contributed by atoms with Gasteiger partial charge in [0, 0.05) is 13.0 Å². The van der Waals surface area contributed by atoms with Crippen molar-refractivity contribution in [3.8, 4) is 0 Å². The molecule has 4 nitrogen and oxygen atoms in total. The largest absolute Gasteiger partial charge is 0.411 e. The highest BCUT2D eigenvalue weighted by Crippen LogP contribution is 2.51. The first kappa shape index (κ1) is 31.9. The maximum Gasteiger partial charge on any atom is 0.232 e. The molecule has 0 unspecified atom stereocenters.